The van der Waals surface area contributed by atoms with Gasteiger partial charge in [0.1, 0.15) is 0 Å². The first-order chi connectivity index (χ1) is 8.60. The second-order valence-electron chi connectivity index (χ2n) is 6.00. The molecule has 0 saturated heterocycles. The molecule has 0 bridgehead atoms. The number of hydrogen-bond acceptors (Lipinski definition) is 1. The number of nitrogens with zero attached hydrogens (tertiary/aromatic N) is 2. The van der Waals surface area contributed by atoms with Gasteiger partial charge in [-0.1, -0.05) is 47.0 Å². The van der Waals surface area contributed by atoms with E-state index in [4.69, 9.17) is 0 Å². The summed E-state index contributed by atoms with van der Waals surface area (Å²) >= 11 is 0. The predicted octanol–water partition coefficient (Wildman–Crippen LogP) is 5.35. The summed E-state index contributed by atoms with van der Waals surface area (Å²) in [5.74, 6) is 2.41. The van der Waals surface area contributed by atoms with Gasteiger partial charge in [0.2, 0.25) is 0 Å². The summed E-state index contributed by atoms with van der Waals surface area (Å²) in [7, 11) is 0. The number of aromatic nitrogens is 2. The molecule has 1 aromatic rings. The maximum atomic E-state index is 4.19. The van der Waals surface area contributed by atoms with E-state index in [-0.39, 0.29) is 12.4 Å². The molecule has 0 fully saturated rings. The van der Waals surface area contributed by atoms with Crippen molar-refractivity contribution in [3.8, 4) is 0 Å². The van der Waals surface area contributed by atoms with Gasteiger partial charge in [-0.2, -0.15) is 0 Å². The Hall–Kier alpha value is -0.500. The fourth-order valence-electron chi connectivity index (χ4n) is 3.28. The van der Waals surface area contributed by atoms with E-state index < -0.39 is 0 Å². The quantitative estimate of drug-likeness (QED) is 0.629. The summed E-state index contributed by atoms with van der Waals surface area (Å²) in [6.07, 6.45) is 11.2. The summed E-state index contributed by atoms with van der Waals surface area (Å²) in [5, 5.41) is 0. The van der Waals surface area contributed by atoms with Gasteiger partial charge >= 0.3 is 0 Å². The van der Waals surface area contributed by atoms with Crippen LogP contribution in [0.1, 0.15) is 66.3 Å². The van der Waals surface area contributed by atoms with Crippen molar-refractivity contribution < 1.29 is 0 Å². The Labute approximate surface area is 125 Å². The van der Waals surface area contributed by atoms with Crippen LogP contribution in [0.3, 0.4) is 0 Å². The molecule has 0 aliphatic carbocycles. The van der Waals surface area contributed by atoms with Gasteiger partial charge < -0.3 is 4.57 Å². The highest BCUT2D eigenvalue weighted by molar-refractivity contribution is 5.85. The molecule has 19 heavy (non-hydrogen) atoms. The van der Waals surface area contributed by atoms with Gasteiger partial charge in [-0.25, -0.2) is 4.98 Å². The van der Waals surface area contributed by atoms with Crippen LogP contribution in [0.5, 0.6) is 0 Å². The Morgan fingerprint density at radius 3 is 2.26 bits per heavy atom. The van der Waals surface area contributed by atoms with E-state index in [0.29, 0.717) is 6.04 Å². The molecule has 0 aliphatic rings. The minimum Gasteiger partial charge on any atom is -0.334 e. The van der Waals surface area contributed by atoms with Crippen molar-refractivity contribution in [3.05, 3.63) is 18.7 Å². The average molecular weight is 287 g/mol. The highest BCUT2D eigenvalue weighted by Crippen LogP contribution is 2.35. The molecule has 3 heteroatoms. The lowest BCUT2D eigenvalue weighted by Crippen LogP contribution is -2.24. The van der Waals surface area contributed by atoms with Gasteiger partial charge in [-0.3, -0.25) is 0 Å². The molecule has 1 heterocycles. The molecule has 112 valence electrons. The molecule has 1 aromatic heterocycles. The van der Waals surface area contributed by atoms with Gasteiger partial charge in [-0.15, -0.1) is 12.4 Å². The molecule has 0 radical (unpaired) electrons. The maximum Gasteiger partial charge on any atom is 0.0948 e. The van der Waals surface area contributed by atoms with Crippen LogP contribution in [0.15, 0.2) is 18.7 Å². The van der Waals surface area contributed by atoms with Gasteiger partial charge in [0.15, 0.2) is 0 Å². The zero-order chi connectivity index (χ0) is 13.5. The van der Waals surface area contributed by atoms with Crippen molar-refractivity contribution in [3.63, 3.8) is 0 Å². The van der Waals surface area contributed by atoms with Crippen molar-refractivity contribution in [2.24, 2.45) is 17.8 Å². The third-order valence-electron chi connectivity index (χ3n) is 4.13. The molecular weight excluding hydrogens is 256 g/mol. The standard InChI is InChI=1S/C16H30N2.ClH/c1-6-8-15(11-13(3)4)16(7-2)14(5)18-10-9-17-12-18;/h9-10,12-16H,6-8,11H2,1-5H3;1H. The van der Waals surface area contributed by atoms with E-state index in [2.05, 4.69) is 50.4 Å². The van der Waals surface area contributed by atoms with Crippen LogP contribution >= 0.6 is 12.4 Å². The first kappa shape index (κ1) is 18.5. The van der Waals surface area contributed by atoms with Crippen LogP contribution in [-0.4, -0.2) is 9.55 Å². The lowest BCUT2D eigenvalue weighted by Gasteiger charge is -2.33. The molecule has 0 N–H and O–H groups in total. The minimum absolute atomic E-state index is 0. The maximum absolute atomic E-state index is 4.19. The number of rotatable bonds is 8. The average Bonchev–Trinajstić information content (AvgIpc) is 2.82. The minimum atomic E-state index is 0. The first-order valence-electron chi connectivity index (χ1n) is 7.57. The zero-order valence-electron chi connectivity index (χ0n) is 13.2. The van der Waals surface area contributed by atoms with Gasteiger partial charge in [0.05, 0.1) is 6.33 Å². The van der Waals surface area contributed by atoms with Crippen LogP contribution in [0, 0.1) is 17.8 Å². The van der Waals surface area contributed by atoms with Crippen molar-refractivity contribution in [2.45, 2.75) is 66.3 Å². The summed E-state index contributed by atoms with van der Waals surface area (Å²) in [5.41, 5.74) is 0. The number of imidazole rings is 1. The molecule has 0 spiro atoms. The van der Waals surface area contributed by atoms with Crippen molar-refractivity contribution in [2.75, 3.05) is 0 Å². The highest BCUT2D eigenvalue weighted by Gasteiger charge is 2.26. The molecular formula is C16H31ClN2. The van der Waals surface area contributed by atoms with E-state index in [9.17, 15) is 0 Å². The summed E-state index contributed by atoms with van der Waals surface area (Å²) in [6, 6.07) is 0.563. The Morgan fingerprint density at radius 2 is 1.84 bits per heavy atom. The third-order valence-corrected chi connectivity index (χ3v) is 4.13. The summed E-state index contributed by atoms with van der Waals surface area (Å²) in [4.78, 5) is 4.19. The fraction of sp³-hybridized carbons (Fsp3) is 0.812. The Kier molecular flexibility index (Phi) is 9.16. The van der Waals surface area contributed by atoms with Gasteiger partial charge in [0.25, 0.3) is 0 Å². The smallest absolute Gasteiger partial charge is 0.0948 e. The van der Waals surface area contributed by atoms with Gasteiger partial charge in [0, 0.05) is 18.4 Å². The first-order valence-corrected chi connectivity index (χ1v) is 7.57. The fourth-order valence-corrected chi connectivity index (χ4v) is 3.28. The second-order valence-corrected chi connectivity index (χ2v) is 6.00. The molecule has 3 atom stereocenters. The Bertz CT molecular complexity index is 309. The zero-order valence-corrected chi connectivity index (χ0v) is 14.0. The largest absolute Gasteiger partial charge is 0.334 e. The van der Waals surface area contributed by atoms with Crippen molar-refractivity contribution in [1.82, 2.24) is 9.55 Å². The van der Waals surface area contributed by atoms with E-state index in [0.717, 1.165) is 17.8 Å². The van der Waals surface area contributed by atoms with E-state index >= 15 is 0 Å². The topological polar surface area (TPSA) is 17.8 Å². The predicted molar refractivity (Wildman–Crippen MR) is 85.8 cm³/mol. The van der Waals surface area contributed by atoms with Crippen molar-refractivity contribution >= 4 is 12.4 Å². The SMILES string of the molecule is CCCC(CC(C)C)C(CC)C(C)n1ccnc1.Cl. The molecule has 0 aliphatic heterocycles. The van der Waals surface area contributed by atoms with Crippen LogP contribution < -0.4 is 0 Å². The lowest BCUT2D eigenvalue weighted by molar-refractivity contribution is 0.192. The number of halogens is 1. The molecule has 2 nitrogen and oxygen atoms in total. The van der Waals surface area contributed by atoms with Crippen LogP contribution in [0.2, 0.25) is 0 Å². The highest BCUT2D eigenvalue weighted by atomic mass is 35.5. The molecule has 1 rings (SSSR count). The van der Waals surface area contributed by atoms with Crippen LogP contribution in [-0.2, 0) is 0 Å². The number of hydrogen-bond donors (Lipinski definition) is 0. The second kappa shape index (κ2) is 9.41. The Balaban J connectivity index is 0.00000324. The Morgan fingerprint density at radius 1 is 1.16 bits per heavy atom. The lowest BCUT2D eigenvalue weighted by atomic mass is 9.77. The summed E-state index contributed by atoms with van der Waals surface area (Å²) < 4.78 is 2.27. The van der Waals surface area contributed by atoms with E-state index in [1.165, 1.54) is 25.7 Å². The van der Waals surface area contributed by atoms with Crippen molar-refractivity contribution in [1.29, 1.82) is 0 Å². The molecule has 3 unspecified atom stereocenters. The molecule has 0 saturated carbocycles. The summed E-state index contributed by atoms with van der Waals surface area (Å²) in [6.45, 7) is 11.7. The molecule has 0 amide bonds. The monoisotopic (exact) mass is 286 g/mol. The van der Waals surface area contributed by atoms with Crippen LogP contribution in [0.4, 0.5) is 0 Å². The molecule has 0 aromatic carbocycles. The van der Waals surface area contributed by atoms with Crippen LogP contribution in [0.25, 0.3) is 0 Å². The third kappa shape index (κ3) is 5.56. The normalized spacial score (nSPS) is 15.9. The van der Waals surface area contributed by atoms with E-state index in [1.807, 2.05) is 12.5 Å². The van der Waals surface area contributed by atoms with Gasteiger partial charge in [-0.05, 0) is 31.1 Å². The van der Waals surface area contributed by atoms with E-state index in [1.54, 1.807) is 0 Å².